The first-order valence-corrected chi connectivity index (χ1v) is 10.7. The highest BCUT2D eigenvalue weighted by atomic mass is 32.2. The van der Waals surface area contributed by atoms with Crippen LogP contribution in [0.15, 0.2) is 18.3 Å². The molecule has 4 nitrogen and oxygen atoms in total. The van der Waals surface area contributed by atoms with E-state index in [1.54, 1.807) is 0 Å². The molecule has 2 aliphatic heterocycles. The molecule has 2 saturated heterocycles. The van der Waals surface area contributed by atoms with Crippen LogP contribution < -0.4 is 4.90 Å². The fourth-order valence-electron chi connectivity index (χ4n) is 3.99. The molecule has 134 valence electrons. The molecule has 0 radical (unpaired) electrons. The van der Waals surface area contributed by atoms with Crippen LogP contribution in [-0.2, 0) is 5.75 Å². The number of hydrogen-bond donors (Lipinski definition) is 0. The molecule has 0 amide bonds. The van der Waals surface area contributed by atoms with Crippen molar-refractivity contribution in [3.63, 3.8) is 0 Å². The Balaban J connectivity index is 1.50. The van der Waals surface area contributed by atoms with Gasteiger partial charge in [0.2, 0.25) is 0 Å². The van der Waals surface area contributed by atoms with Crippen LogP contribution in [0.1, 0.15) is 25.3 Å². The number of likely N-dealkylation sites (N-methyl/N-ethyl adjacent to an activating group) is 1. The van der Waals surface area contributed by atoms with Crippen molar-refractivity contribution in [3.8, 4) is 0 Å². The lowest BCUT2D eigenvalue weighted by atomic mass is 9.89. The molecule has 0 bridgehead atoms. The Hall–Kier alpha value is -0.780. The van der Waals surface area contributed by atoms with Gasteiger partial charge in [0.15, 0.2) is 0 Å². The second-order valence-electron chi connectivity index (χ2n) is 7.36. The molecular formula is C19H32N4S. The molecule has 0 aromatic carbocycles. The summed E-state index contributed by atoms with van der Waals surface area (Å²) in [5.41, 5.74) is 1.32. The van der Waals surface area contributed by atoms with Crippen molar-refractivity contribution in [2.24, 2.45) is 5.92 Å². The quantitative estimate of drug-likeness (QED) is 0.814. The van der Waals surface area contributed by atoms with Gasteiger partial charge in [-0.1, -0.05) is 6.07 Å². The zero-order valence-electron chi connectivity index (χ0n) is 15.4. The molecule has 1 unspecified atom stereocenters. The lowest BCUT2D eigenvalue weighted by Crippen LogP contribution is -2.51. The number of rotatable bonds is 5. The Morgan fingerprint density at radius 2 is 1.83 bits per heavy atom. The van der Waals surface area contributed by atoms with Crippen molar-refractivity contribution in [1.82, 2.24) is 14.8 Å². The summed E-state index contributed by atoms with van der Waals surface area (Å²) < 4.78 is 0. The lowest BCUT2D eigenvalue weighted by Gasteiger charge is -2.42. The Morgan fingerprint density at radius 1 is 1.12 bits per heavy atom. The van der Waals surface area contributed by atoms with Crippen LogP contribution in [0.25, 0.3) is 0 Å². The van der Waals surface area contributed by atoms with Crippen LogP contribution >= 0.6 is 11.8 Å². The number of aromatic nitrogens is 1. The summed E-state index contributed by atoms with van der Waals surface area (Å²) >= 11 is 1.85. The van der Waals surface area contributed by atoms with Crippen LogP contribution in [-0.4, -0.2) is 73.4 Å². The predicted molar refractivity (Wildman–Crippen MR) is 105 cm³/mol. The van der Waals surface area contributed by atoms with Gasteiger partial charge in [-0.25, -0.2) is 4.98 Å². The highest BCUT2D eigenvalue weighted by Gasteiger charge is 2.29. The van der Waals surface area contributed by atoms with E-state index in [1.807, 2.05) is 18.0 Å². The molecule has 0 aliphatic carbocycles. The number of piperazine rings is 1. The van der Waals surface area contributed by atoms with Crippen LogP contribution in [0.5, 0.6) is 0 Å². The van der Waals surface area contributed by atoms with Gasteiger partial charge >= 0.3 is 0 Å². The number of piperidine rings is 1. The van der Waals surface area contributed by atoms with Gasteiger partial charge < -0.3 is 9.80 Å². The van der Waals surface area contributed by atoms with Gasteiger partial charge in [0.25, 0.3) is 0 Å². The molecular weight excluding hydrogens is 316 g/mol. The van der Waals surface area contributed by atoms with E-state index in [0.717, 1.165) is 36.6 Å². The Bertz CT molecular complexity index is 491. The van der Waals surface area contributed by atoms with Crippen molar-refractivity contribution < 1.29 is 0 Å². The van der Waals surface area contributed by atoms with E-state index in [9.17, 15) is 0 Å². The van der Waals surface area contributed by atoms with E-state index in [1.165, 1.54) is 44.6 Å². The molecule has 1 atom stereocenters. The zero-order chi connectivity index (χ0) is 16.9. The SMILES string of the molecule is CSCc1ccc(N2CCC(C(C)N3CCN(C)CC3)CC2)nc1. The molecule has 0 saturated carbocycles. The summed E-state index contributed by atoms with van der Waals surface area (Å²) in [6.07, 6.45) is 6.77. The first kappa shape index (κ1) is 18.0. The van der Waals surface area contributed by atoms with E-state index < -0.39 is 0 Å². The van der Waals surface area contributed by atoms with Gasteiger partial charge in [0.1, 0.15) is 5.82 Å². The smallest absolute Gasteiger partial charge is 0.128 e. The van der Waals surface area contributed by atoms with Crippen molar-refractivity contribution in [2.75, 3.05) is 57.5 Å². The second-order valence-corrected chi connectivity index (χ2v) is 8.23. The molecule has 2 aliphatic rings. The van der Waals surface area contributed by atoms with E-state index in [-0.39, 0.29) is 0 Å². The molecule has 1 aromatic rings. The maximum atomic E-state index is 4.69. The molecule has 1 aromatic heterocycles. The maximum absolute atomic E-state index is 4.69. The zero-order valence-corrected chi connectivity index (χ0v) is 16.3. The minimum atomic E-state index is 0.720. The van der Waals surface area contributed by atoms with Crippen LogP contribution in [0, 0.1) is 5.92 Å². The molecule has 2 fully saturated rings. The molecule has 0 N–H and O–H groups in total. The van der Waals surface area contributed by atoms with E-state index in [2.05, 4.69) is 52.0 Å². The monoisotopic (exact) mass is 348 g/mol. The fourth-order valence-corrected chi connectivity index (χ4v) is 4.50. The summed E-state index contributed by atoms with van der Waals surface area (Å²) in [4.78, 5) is 12.3. The van der Waals surface area contributed by atoms with Crippen LogP contribution in [0.3, 0.4) is 0 Å². The third-order valence-corrected chi connectivity index (χ3v) is 6.40. The minimum Gasteiger partial charge on any atom is -0.357 e. The van der Waals surface area contributed by atoms with E-state index in [0.29, 0.717) is 0 Å². The molecule has 24 heavy (non-hydrogen) atoms. The summed E-state index contributed by atoms with van der Waals surface area (Å²) in [6, 6.07) is 5.16. The summed E-state index contributed by atoms with van der Waals surface area (Å²) in [5, 5.41) is 0. The third-order valence-electron chi connectivity index (χ3n) is 5.78. The van der Waals surface area contributed by atoms with Gasteiger partial charge in [-0.3, -0.25) is 4.90 Å². The van der Waals surface area contributed by atoms with Crippen molar-refractivity contribution in [2.45, 2.75) is 31.6 Å². The fraction of sp³-hybridized carbons (Fsp3) is 0.737. The molecule has 3 rings (SSSR count). The maximum Gasteiger partial charge on any atom is 0.128 e. The van der Waals surface area contributed by atoms with Gasteiger partial charge in [0.05, 0.1) is 0 Å². The number of thioether (sulfide) groups is 1. The third kappa shape index (κ3) is 4.44. The van der Waals surface area contributed by atoms with Crippen LogP contribution in [0.4, 0.5) is 5.82 Å². The number of anilines is 1. The number of hydrogen-bond acceptors (Lipinski definition) is 5. The first-order valence-electron chi connectivity index (χ1n) is 9.29. The largest absolute Gasteiger partial charge is 0.357 e. The van der Waals surface area contributed by atoms with Gasteiger partial charge in [-0.05, 0) is 50.6 Å². The average molecular weight is 349 g/mol. The summed E-state index contributed by atoms with van der Waals surface area (Å²) in [5.74, 6) is 3.05. The minimum absolute atomic E-state index is 0.720. The second kappa shape index (κ2) is 8.54. The number of pyridine rings is 1. The van der Waals surface area contributed by atoms with Gasteiger partial charge in [0, 0.05) is 57.3 Å². The average Bonchev–Trinajstić information content (AvgIpc) is 2.63. The van der Waals surface area contributed by atoms with E-state index >= 15 is 0 Å². The van der Waals surface area contributed by atoms with Crippen LogP contribution in [0.2, 0.25) is 0 Å². The van der Waals surface area contributed by atoms with Crippen molar-refractivity contribution in [1.29, 1.82) is 0 Å². The standard InChI is InChI=1S/C19H32N4S/c1-16(22-12-10-21(2)11-13-22)18-6-8-23(9-7-18)19-5-4-17(14-20-19)15-24-3/h4-5,14,16,18H,6-13,15H2,1-3H3. The Kier molecular flexibility index (Phi) is 6.42. The first-order chi connectivity index (χ1) is 11.7. The Labute approximate surface area is 151 Å². The predicted octanol–water partition coefficient (Wildman–Crippen LogP) is 2.80. The highest BCUT2D eigenvalue weighted by molar-refractivity contribution is 7.97. The van der Waals surface area contributed by atoms with Gasteiger partial charge in [-0.2, -0.15) is 11.8 Å². The Morgan fingerprint density at radius 3 is 2.42 bits per heavy atom. The molecule has 0 spiro atoms. The van der Waals surface area contributed by atoms with E-state index in [4.69, 9.17) is 0 Å². The van der Waals surface area contributed by atoms with Crippen molar-refractivity contribution in [3.05, 3.63) is 23.9 Å². The summed E-state index contributed by atoms with van der Waals surface area (Å²) in [6.45, 7) is 9.65. The topological polar surface area (TPSA) is 22.6 Å². The van der Waals surface area contributed by atoms with Gasteiger partial charge in [-0.15, -0.1) is 0 Å². The van der Waals surface area contributed by atoms with Crippen molar-refractivity contribution >= 4 is 17.6 Å². The normalized spacial score (nSPS) is 22.7. The summed E-state index contributed by atoms with van der Waals surface area (Å²) in [7, 11) is 2.23. The highest BCUT2D eigenvalue weighted by Crippen LogP contribution is 2.27. The number of nitrogens with zero attached hydrogens (tertiary/aromatic N) is 4. The molecule has 5 heteroatoms. The lowest BCUT2D eigenvalue weighted by molar-refractivity contribution is 0.0813. The molecule has 3 heterocycles.